The third kappa shape index (κ3) is 6.29. The first-order valence-electron chi connectivity index (χ1n) is 6.20. The second-order valence-corrected chi connectivity index (χ2v) is 4.05. The van der Waals surface area contributed by atoms with Gasteiger partial charge in [-0.15, -0.1) is 13.2 Å². The van der Waals surface area contributed by atoms with E-state index < -0.39 is 6.36 Å². The molecule has 106 valence electrons. The van der Waals surface area contributed by atoms with Crippen molar-refractivity contribution < 1.29 is 17.9 Å². The number of halogens is 3. The van der Waals surface area contributed by atoms with Crippen molar-refractivity contribution in [2.45, 2.75) is 26.6 Å². The predicted molar refractivity (Wildman–Crippen MR) is 69.9 cm³/mol. The summed E-state index contributed by atoms with van der Waals surface area (Å²) in [6.07, 6.45) is -1.77. The molecule has 0 aliphatic carbocycles. The molecule has 0 aliphatic rings. The Morgan fingerprint density at radius 1 is 1.21 bits per heavy atom. The van der Waals surface area contributed by atoms with Crippen LogP contribution in [0.25, 0.3) is 6.08 Å². The lowest BCUT2D eigenvalue weighted by Gasteiger charge is -2.09. The van der Waals surface area contributed by atoms with Gasteiger partial charge in [0.25, 0.3) is 0 Å². The second kappa shape index (κ2) is 7.19. The first-order chi connectivity index (χ1) is 8.94. The lowest BCUT2D eigenvalue weighted by Crippen LogP contribution is -2.17. The molecule has 1 aromatic rings. The maximum Gasteiger partial charge on any atom is 0.573 e. The first kappa shape index (κ1) is 15.6. The van der Waals surface area contributed by atoms with Crippen LogP contribution in [0.3, 0.4) is 0 Å². The summed E-state index contributed by atoms with van der Waals surface area (Å²) < 4.78 is 39.8. The van der Waals surface area contributed by atoms with Gasteiger partial charge in [0, 0.05) is 6.54 Å². The minimum absolute atomic E-state index is 0.200. The fourth-order valence-corrected chi connectivity index (χ4v) is 1.57. The number of hydrogen-bond donors (Lipinski definition) is 1. The number of nitrogens with one attached hydrogen (secondary N) is 1. The van der Waals surface area contributed by atoms with Crippen LogP contribution in [0, 0.1) is 0 Å². The minimum Gasteiger partial charge on any atom is -0.406 e. The van der Waals surface area contributed by atoms with Crippen LogP contribution in [-0.2, 0) is 0 Å². The van der Waals surface area contributed by atoms with Crippen LogP contribution < -0.4 is 10.1 Å². The molecule has 0 spiro atoms. The zero-order valence-corrected chi connectivity index (χ0v) is 11.1. The van der Waals surface area contributed by atoms with E-state index in [9.17, 15) is 13.2 Å². The van der Waals surface area contributed by atoms with Gasteiger partial charge in [-0.05, 0) is 30.7 Å². The SMILES string of the molecule is CCNCC(=Cc1ccc(OC(F)(F)F)cc1)CC. The van der Waals surface area contributed by atoms with E-state index in [0.717, 1.165) is 25.1 Å². The Morgan fingerprint density at radius 3 is 2.32 bits per heavy atom. The lowest BCUT2D eigenvalue weighted by molar-refractivity contribution is -0.274. The summed E-state index contributed by atoms with van der Waals surface area (Å²) in [5.41, 5.74) is 2.07. The van der Waals surface area contributed by atoms with E-state index >= 15 is 0 Å². The van der Waals surface area contributed by atoms with Crippen molar-refractivity contribution >= 4 is 6.08 Å². The molecule has 5 heteroatoms. The minimum atomic E-state index is -4.64. The molecule has 0 radical (unpaired) electrons. The molecule has 1 aromatic carbocycles. The van der Waals surface area contributed by atoms with Gasteiger partial charge in [-0.3, -0.25) is 0 Å². The summed E-state index contributed by atoms with van der Waals surface area (Å²) in [6, 6.07) is 5.87. The second-order valence-electron chi connectivity index (χ2n) is 4.05. The van der Waals surface area contributed by atoms with Crippen molar-refractivity contribution in [3.63, 3.8) is 0 Å². The summed E-state index contributed by atoms with van der Waals surface area (Å²) in [4.78, 5) is 0. The molecule has 1 N–H and O–H groups in total. The highest BCUT2D eigenvalue weighted by Gasteiger charge is 2.30. The van der Waals surface area contributed by atoms with Gasteiger partial charge in [0.2, 0.25) is 0 Å². The van der Waals surface area contributed by atoms with Crippen molar-refractivity contribution in [1.29, 1.82) is 0 Å². The van der Waals surface area contributed by atoms with Gasteiger partial charge in [-0.25, -0.2) is 0 Å². The zero-order valence-electron chi connectivity index (χ0n) is 11.1. The van der Waals surface area contributed by atoms with E-state index in [0.29, 0.717) is 0 Å². The van der Waals surface area contributed by atoms with E-state index in [1.165, 1.54) is 17.7 Å². The molecule has 0 unspecified atom stereocenters. The summed E-state index contributed by atoms with van der Waals surface area (Å²) in [5, 5.41) is 3.22. The van der Waals surface area contributed by atoms with Gasteiger partial charge in [-0.2, -0.15) is 0 Å². The Balaban J connectivity index is 2.72. The number of hydrogen-bond acceptors (Lipinski definition) is 2. The Morgan fingerprint density at radius 2 is 1.84 bits per heavy atom. The smallest absolute Gasteiger partial charge is 0.406 e. The van der Waals surface area contributed by atoms with Crippen LogP contribution in [0.4, 0.5) is 13.2 Å². The first-order valence-corrected chi connectivity index (χ1v) is 6.20. The molecule has 0 aromatic heterocycles. The van der Waals surface area contributed by atoms with Crippen molar-refractivity contribution in [3.05, 3.63) is 35.4 Å². The van der Waals surface area contributed by atoms with Gasteiger partial charge in [0.15, 0.2) is 0 Å². The molecule has 0 atom stereocenters. The molecule has 0 heterocycles. The van der Waals surface area contributed by atoms with Crippen molar-refractivity contribution in [3.8, 4) is 5.75 Å². The summed E-state index contributed by atoms with van der Waals surface area (Å²) >= 11 is 0. The molecule has 0 saturated carbocycles. The third-order valence-electron chi connectivity index (χ3n) is 2.54. The van der Waals surface area contributed by atoms with E-state index in [4.69, 9.17) is 0 Å². The molecular formula is C14H18F3NO. The third-order valence-corrected chi connectivity index (χ3v) is 2.54. The highest BCUT2D eigenvalue weighted by atomic mass is 19.4. The van der Waals surface area contributed by atoms with Crippen LogP contribution in [-0.4, -0.2) is 19.5 Å². The van der Waals surface area contributed by atoms with Gasteiger partial charge >= 0.3 is 6.36 Å². The number of rotatable bonds is 6. The number of ether oxygens (including phenoxy) is 1. The zero-order chi connectivity index (χ0) is 14.3. The van der Waals surface area contributed by atoms with Crippen LogP contribution >= 0.6 is 0 Å². The van der Waals surface area contributed by atoms with Crippen LogP contribution in [0.5, 0.6) is 5.75 Å². The van der Waals surface area contributed by atoms with E-state index in [-0.39, 0.29) is 5.75 Å². The fourth-order valence-electron chi connectivity index (χ4n) is 1.57. The molecule has 0 saturated heterocycles. The van der Waals surface area contributed by atoms with E-state index in [1.54, 1.807) is 12.1 Å². The van der Waals surface area contributed by atoms with E-state index in [2.05, 4.69) is 10.1 Å². The van der Waals surface area contributed by atoms with Crippen LogP contribution in [0.1, 0.15) is 25.8 Å². The number of benzene rings is 1. The Hall–Kier alpha value is -1.49. The molecule has 1 rings (SSSR count). The standard InChI is InChI=1S/C14H18F3NO/c1-3-11(10-18-4-2)9-12-5-7-13(8-6-12)19-14(15,16)17/h5-9,18H,3-4,10H2,1-2H3. The van der Waals surface area contributed by atoms with Crippen LogP contribution in [0.15, 0.2) is 29.8 Å². The molecular weight excluding hydrogens is 255 g/mol. The van der Waals surface area contributed by atoms with Gasteiger partial charge in [-0.1, -0.05) is 37.6 Å². The van der Waals surface area contributed by atoms with Crippen molar-refractivity contribution in [2.75, 3.05) is 13.1 Å². The number of likely N-dealkylation sites (N-methyl/N-ethyl adjacent to an activating group) is 1. The monoisotopic (exact) mass is 273 g/mol. The topological polar surface area (TPSA) is 21.3 Å². The summed E-state index contributed by atoms with van der Waals surface area (Å²) in [6.45, 7) is 5.74. The van der Waals surface area contributed by atoms with E-state index in [1.807, 2.05) is 19.9 Å². The molecule has 2 nitrogen and oxygen atoms in total. The normalized spacial score (nSPS) is 12.6. The molecule has 0 bridgehead atoms. The largest absolute Gasteiger partial charge is 0.573 e. The molecule has 0 fully saturated rings. The average molecular weight is 273 g/mol. The average Bonchev–Trinajstić information content (AvgIpc) is 2.34. The van der Waals surface area contributed by atoms with Gasteiger partial charge < -0.3 is 10.1 Å². The fraction of sp³-hybridized carbons (Fsp3) is 0.429. The lowest BCUT2D eigenvalue weighted by atomic mass is 10.1. The highest BCUT2D eigenvalue weighted by molar-refractivity contribution is 5.54. The Labute approximate surface area is 111 Å². The van der Waals surface area contributed by atoms with Crippen molar-refractivity contribution in [2.24, 2.45) is 0 Å². The quantitative estimate of drug-likeness (QED) is 0.846. The van der Waals surface area contributed by atoms with Gasteiger partial charge in [0.05, 0.1) is 0 Å². The van der Waals surface area contributed by atoms with Crippen molar-refractivity contribution in [1.82, 2.24) is 5.32 Å². The molecule has 19 heavy (non-hydrogen) atoms. The predicted octanol–water partition coefficient (Wildman–Crippen LogP) is 3.99. The maximum absolute atomic E-state index is 12.0. The summed E-state index contributed by atoms with van der Waals surface area (Å²) in [5.74, 6) is -0.200. The maximum atomic E-state index is 12.0. The molecule has 0 aliphatic heterocycles. The Bertz CT molecular complexity index is 410. The Kier molecular flexibility index (Phi) is 5.89. The van der Waals surface area contributed by atoms with Gasteiger partial charge in [0.1, 0.15) is 5.75 Å². The molecule has 0 amide bonds. The highest BCUT2D eigenvalue weighted by Crippen LogP contribution is 2.23. The van der Waals surface area contributed by atoms with Crippen LogP contribution in [0.2, 0.25) is 0 Å². The summed E-state index contributed by atoms with van der Waals surface area (Å²) in [7, 11) is 0. The number of alkyl halides is 3.